The molecule has 1 unspecified atom stereocenters. The maximum Gasteiger partial charge on any atom is 0.426 e. The molecule has 0 radical (unpaired) electrons. The molecule has 0 saturated carbocycles. The lowest BCUT2D eigenvalue weighted by Crippen LogP contribution is -2.43. The predicted molar refractivity (Wildman–Crippen MR) is 108 cm³/mol. The zero-order chi connectivity index (χ0) is 21.1. The molecule has 1 fully saturated rings. The smallest absolute Gasteiger partial charge is 0.426 e. The molecule has 1 aliphatic heterocycles. The summed E-state index contributed by atoms with van der Waals surface area (Å²) in [5.74, 6) is 0.705. The van der Waals surface area contributed by atoms with Crippen molar-refractivity contribution in [1.29, 1.82) is 0 Å². The van der Waals surface area contributed by atoms with Crippen LogP contribution in [0.25, 0.3) is 0 Å². The molecule has 2 aromatic rings. The van der Waals surface area contributed by atoms with Crippen molar-refractivity contribution in [3.05, 3.63) is 65.7 Å². The molecule has 1 saturated heterocycles. The van der Waals surface area contributed by atoms with Crippen molar-refractivity contribution in [3.63, 3.8) is 0 Å². The number of benzene rings is 2. The minimum Gasteiger partial charge on any atom is -0.489 e. The van der Waals surface area contributed by atoms with Crippen molar-refractivity contribution in [2.75, 3.05) is 6.61 Å². The van der Waals surface area contributed by atoms with Crippen molar-refractivity contribution in [2.24, 2.45) is 0 Å². The van der Waals surface area contributed by atoms with Crippen LogP contribution < -0.4 is 4.74 Å². The second kappa shape index (κ2) is 8.42. The van der Waals surface area contributed by atoms with Crippen molar-refractivity contribution in [1.82, 2.24) is 4.31 Å². The van der Waals surface area contributed by atoms with E-state index in [1.54, 1.807) is 20.8 Å². The van der Waals surface area contributed by atoms with E-state index in [0.29, 0.717) is 23.1 Å². The molecule has 1 atom stereocenters. The highest BCUT2D eigenvalue weighted by Gasteiger charge is 2.44. The molecule has 156 valence electrons. The molecular formula is C21H25NO6S. The molecule has 0 aliphatic carbocycles. The number of carbonyl (C=O) groups is 1. The third kappa shape index (κ3) is 5.71. The first-order valence-electron chi connectivity index (χ1n) is 9.31. The number of hydrogen-bond donors (Lipinski definition) is 0. The van der Waals surface area contributed by atoms with Gasteiger partial charge in [-0.1, -0.05) is 42.5 Å². The zero-order valence-corrected chi connectivity index (χ0v) is 17.5. The van der Waals surface area contributed by atoms with Gasteiger partial charge in [0.1, 0.15) is 18.0 Å². The van der Waals surface area contributed by atoms with Crippen LogP contribution in [-0.2, 0) is 32.3 Å². The number of carbonyl (C=O) groups excluding carboxylic acids is 1. The number of amides is 1. The summed E-state index contributed by atoms with van der Waals surface area (Å²) in [7, 11) is -4.14. The van der Waals surface area contributed by atoms with Gasteiger partial charge in [-0.25, -0.2) is 4.79 Å². The summed E-state index contributed by atoms with van der Waals surface area (Å²) in [5, 5.41) is 0. The second-order valence-electron chi connectivity index (χ2n) is 7.79. The van der Waals surface area contributed by atoms with E-state index in [4.69, 9.17) is 13.7 Å². The lowest BCUT2D eigenvalue weighted by Gasteiger charge is -2.26. The number of hydrogen-bond acceptors (Lipinski definition) is 6. The van der Waals surface area contributed by atoms with Crippen LogP contribution in [0.1, 0.15) is 31.9 Å². The molecule has 1 amide bonds. The first kappa shape index (κ1) is 21.1. The zero-order valence-electron chi connectivity index (χ0n) is 16.7. The Balaban J connectivity index is 1.64. The van der Waals surface area contributed by atoms with Crippen LogP contribution in [0, 0.1) is 0 Å². The number of nitrogens with zero attached hydrogens (tertiary/aromatic N) is 1. The van der Waals surface area contributed by atoms with Gasteiger partial charge in [-0.2, -0.15) is 12.7 Å². The summed E-state index contributed by atoms with van der Waals surface area (Å²) in [4.78, 5) is 12.4. The average molecular weight is 419 g/mol. The van der Waals surface area contributed by atoms with Crippen LogP contribution in [-0.4, -0.2) is 37.1 Å². The molecule has 2 aromatic carbocycles. The van der Waals surface area contributed by atoms with Crippen molar-refractivity contribution >= 4 is 16.4 Å². The molecule has 0 N–H and O–H groups in total. The van der Waals surface area contributed by atoms with Crippen molar-refractivity contribution < 1.29 is 26.9 Å². The normalized spacial score (nSPS) is 18.4. The van der Waals surface area contributed by atoms with Crippen LogP contribution in [0.15, 0.2) is 54.6 Å². The monoisotopic (exact) mass is 419 g/mol. The largest absolute Gasteiger partial charge is 0.489 e. The maximum absolute atomic E-state index is 12.4. The minimum absolute atomic E-state index is 0.103. The van der Waals surface area contributed by atoms with Crippen molar-refractivity contribution in [2.45, 2.75) is 45.4 Å². The Morgan fingerprint density at radius 2 is 1.72 bits per heavy atom. The molecule has 3 rings (SSSR count). The lowest BCUT2D eigenvalue weighted by molar-refractivity contribution is 0.0357. The Bertz CT molecular complexity index is 935. The summed E-state index contributed by atoms with van der Waals surface area (Å²) in [6, 6.07) is 16.5. The third-order valence-corrected chi connectivity index (χ3v) is 5.56. The summed E-state index contributed by atoms with van der Waals surface area (Å²) >= 11 is 0. The Kier molecular flexibility index (Phi) is 6.14. The Morgan fingerprint density at radius 1 is 1.07 bits per heavy atom. The first-order valence-corrected chi connectivity index (χ1v) is 10.7. The van der Waals surface area contributed by atoms with E-state index in [2.05, 4.69) is 0 Å². The van der Waals surface area contributed by atoms with Crippen LogP contribution in [0.5, 0.6) is 5.75 Å². The molecule has 1 heterocycles. The van der Waals surface area contributed by atoms with E-state index in [-0.39, 0.29) is 6.61 Å². The van der Waals surface area contributed by atoms with Crippen LogP contribution in [0.2, 0.25) is 0 Å². The van der Waals surface area contributed by atoms with E-state index in [1.165, 1.54) is 0 Å². The van der Waals surface area contributed by atoms with Crippen LogP contribution in [0.3, 0.4) is 0 Å². The maximum atomic E-state index is 12.4. The molecule has 0 bridgehead atoms. The first-order chi connectivity index (χ1) is 13.6. The van der Waals surface area contributed by atoms with Gasteiger partial charge in [0.25, 0.3) is 0 Å². The summed E-state index contributed by atoms with van der Waals surface area (Å²) < 4.78 is 40.8. The summed E-state index contributed by atoms with van der Waals surface area (Å²) in [6.45, 7) is 5.39. The van der Waals surface area contributed by atoms with Crippen molar-refractivity contribution in [3.8, 4) is 5.75 Å². The Labute approximate surface area is 171 Å². The quantitative estimate of drug-likeness (QED) is 0.735. The third-order valence-electron chi connectivity index (χ3n) is 4.20. The highest BCUT2D eigenvalue weighted by molar-refractivity contribution is 7.85. The highest BCUT2D eigenvalue weighted by atomic mass is 32.2. The second-order valence-corrected chi connectivity index (χ2v) is 9.28. The van der Waals surface area contributed by atoms with Gasteiger partial charge < -0.3 is 9.47 Å². The molecular weight excluding hydrogens is 394 g/mol. The fourth-order valence-corrected chi connectivity index (χ4v) is 4.06. The van der Waals surface area contributed by atoms with Gasteiger partial charge in [0.15, 0.2) is 0 Å². The van der Waals surface area contributed by atoms with Crippen LogP contribution >= 0.6 is 0 Å². The lowest BCUT2D eigenvalue weighted by atomic mass is 10.1. The number of rotatable bonds is 5. The van der Waals surface area contributed by atoms with Crippen LogP contribution in [0.4, 0.5) is 4.79 Å². The van der Waals surface area contributed by atoms with Gasteiger partial charge >= 0.3 is 16.4 Å². The molecule has 0 aromatic heterocycles. The van der Waals surface area contributed by atoms with Gasteiger partial charge in [0, 0.05) is 0 Å². The Hall–Kier alpha value is -2.58. The predicted octanol–water partition coefficient (Wildman–Crippen LogP) is 3.69. The fourth-order valence-electron chi connectivity index (χ4n) is 2.90. The Morgan fingerprint density at radius 3 is 2.34 bits per heavy atom. The molecule has 0 spiro atoms. The summed E-state index contributed by atoms with van der Waals surface area (Å²) in [5.41, 5.74) is 1.12. The molecule has 7 nitrogen and oxygen atoms in total. The standard InChI is InChI=1S/C21H25NO6S/c1-21(2,3)28-20(23)22-18(15-27-29(22,24)25)13-16-9-11-19(12-10-16)26-14-17-7-5-4-6-8-17/h4-12,18H,13-15H2,1-3H3. The van der Waals surface area contributed by atoms with E-state index in [1.807, 2.05) is 54.6 Å². The molecule has 29 heavy (non-hydrogen) atoms. The number of ether oxygens (including phenoxy) is 2. The van der Waals surface area contributed by atoms with Gasteiger partial charge in [-0.15, -0.1) is 0 Å². The van der Waals surface area contributed by atoms with Gasteiger partial charge in [-0.3, -0.25) is 4.18 Å². The van der Waals surface area contributed by atoms with E-state index in [9.17, 15) is 13.2 Å². The summed E-state index contributed by atoms with van der Waals surface area (Å²) in [6.07, 6.45) is -0.611. The molecule has 8 heteroatoms. The van der Waals surface area contributed by atoms with E-state index < -0.39 is 28.0 Å². The van der Waals surface area contributed by atoms with Gasteiger partial charge in [0.2, 0.25) is 0 Å². The SMILES string of the molecule is CC(C)(C)OC(=O)N1C(Cc2ccc(OCc3ccccc3)cc2)COS1(=O)=O. The molecule has 1 aliphatic rings. The van der Waals surface area contributed by atoms with E-state index in [0.717, 1.165) is 11.1 Å². The highest BCUT2D eigenvalue weighted by Crippen LogP contribution is 2.25. The topological polar surface area (TPSA) is 82.1 Å². The van der Waals surface area contributed by atoms with Gasteiger partial charge in [-0.05, 0) is 50.5 Å². The van der Waals surface area contributed by atoms with Gasteiger partial charge in [0.05, 0.1) is 12.6 Å². The minimum atomic E-state index is -4.14. The fraction of sp³-hybridized carbons (Fsp3) is 0.381. The van der Waals surface area contributed by atoms with E-state index >= 15 is 0 Å². The average Bonchev–Trinajstić information content (AvgIpc) is 2.95.